The number of nitro groups is 1. The first-order chi connectivity index (χ1) is 13.6. The predicted octanol–water partition coefficient (Wildman–Crippen LogP) is 3.24. The van der Waals surface area contributed by atoms with Crippen LogP contribution in [0.1, 0.15) is 17.2 Å². The zero-order chi connectivity index (χ0) is 19.5. The lowest BCUT2D eigenvalue weighted by Crippen LogP contribution is -2.48. The fourth-order valence-electron chi connectivity index (χ4n) is 3.98. The minimum absolute atomic E-state index is 0.0707. The predicted molar refractivity (Wildman–Crippen MR) is 108 cm³/mol. The quantitative estimate of drug-likeness (QED) is 0.504. The van der Waals surface area contributed by atoms with Crippen LogP contribution in [-0.4, -0.2) is 45.6 Å². The SMILES string of the molecule is Cn1cnc([N+](=O)[O-])c1N1CCN(C(c2ccccc2)c2ccccc2)CC1. The number of rotatable bonds is 5. The minimum atomic E-state index is -0.404. The van der Waals surface area contributed by atoms with Crippen LogP contribution in [0.15, 0.2) is 67.0 Å². The van der Waals surface area contributed by atoms with Gasteiger partial charge in [-0.2, -0.15) is 0 Å². The third kappa shape index (κ3) is 3.48. The molecule has 0 saturated carbocycles. The first-order valence-electron chi connectivity index (χ1n) is 9.40. The van der Waals surface area contributed by atoms with Crippen molar-refractivity contribution < 1.29 is 4.92 Å². The first-order valence-corrected chi connectivity index (χ1v) is 9.40. The molecule has 0 unspecified atom stereocenters. The number of imidazole rings is 1. The summed E-state index contributed by atoms with van der Waals surface area (Å²) in [6, 6.07) is 21.2. The molecule has 1 fully saturated rings. The van der Waals surface area contributed by atoms with E-state index in [0.717, 1.165) is 26.2 Å². The van der Waals surface area contributed by atoms with Crippen molar-refractivity contribution in [3.63, 3.8) is 0 Å². The van der Waals surface area contributed by atoms with Gasteiger partial charge in [0.15, 0.2) is 0 Å². The number of hydrogen-bond donors (Lipinski definition) is 0. The van der Waals surface area contributed by atoms with Gasteiger partial charge in [0.25, 0.3) is 0 Å². The molecule has 1 aliphatic heterocycles. The molecule has 2 heterocycles. The van der Waals surface area contributed by atoms with Crippen LogP contribution in [0.4, 0.5) is 11.6 Å². The van der Waals surface area contributed by atoms with Crippen LogP contribution in [0.5, 0.6) is 0 Å². The molecule has 0 atom stereocenters. The third-order valence-corrected chi connectivity index (χ3v) is 5.27. The molecule has 2 aromatic carbocycles. The number of piperazine rings is 1. The van der Waals surface area contributed by atoms with Crippen LogP contribution in [0, 0.1) is 10.1 Å². The van der Waals surface area contributed by atoms with Crippen molar-refractivity contribution in [3.05, 3.63) is 88.2 Å². The molecule has 3 aromatic rings. The van der Waals surface area contributed by atoms with Gasteiger partial charge in [-0.25, -0.2) is 0 Å². The average molecular weight is 377 g/mol. The number of aryl methyl sites for hydroxylation is 1. The van der Waals surface area contributed by atoms with Gasteiger partial charge in [-0.15, -0.1) is 0 Å². The summed E-state index contributed by atoms with van der Waals surface area (Å²) < 4.78 is 1.74. The zero-order valence-electron chi connectivity index (χ0n) is 15.8. The van der Waals surface area contributed by atoms with E-state index in [-0.39, 0.29) is 11.9 Å². The second kappa shape index (κ2) is 7.82. The smallest absolute Gasteiger partial charge is 0.358 e. The van der Waals surface area contributed by atoms with Gasteiger partial charge in [-0.3, -0.25) is 9.47 Å². The molecule has 28 heavy (non-hydrogen) atoms. The van der Waals surface area contributed by atoms with E-state index >= 15 is 0 Å². The zero-order valence-corrected chi connectivity index (χ0v) is 15.8. The van der Waals surface area contributed by atoms with E-state index in [2.05, 4.69) is 63.3 Å². The normalized spacial score (nSPS) is 15.1. The highest BCUT2D eigenvalue weighted by molar-refractivity contribution is 5.55. The van der Waals surface area contributed by atoms with Gasteiger partial charge < -0.3 is 15.0 Å². The molecule has 7 heteroatoms. The molecule has 0 radical (unpaired) electrons. The Kier molecular flexibility index (Phi) is 5.08. The van der Waals surface area contributed by atoms with Crippen LogP contribution < -0.4 is 4.90 Å². The molecule has 1 saturated heterocycles. The molecule has 144 valence electrons. The molecule has 0 bridgehead atoms. The number of aromatic nitrogens is 2. The summed E-state index contributed by atoms with van der Waals surface area (Å²) in [6.45, 7) is 3.07. The van der Waals surface area contributed by atoms with Crippen molar-refractivity contribution in [2.24, 2.45) is 7.05 Å². The Balaban J connectivity index is 1.57. The summed E-state index contributed by atoms with van der Waals surface area (Å²) in [4.78, 5) is 19.4. The molecule has 0 aliphatic carbocycles. The highest BCUT2D eigenvalue weighted by Gasteiger charge is 2.31. The molecular weight excluding hydrogens is 354 g/mol. The molecule has 1 aliphatic rings. The monoisotopic (exact) mass is 377 g/mol. The highest BCUT2D eigenvalue weighted by atomic mass is 16.6. The molecule has 0 N–H and O–H groups in total. The lowest BCUT2D eigenvalue weighted by molar-refractivity contribution is -0.388. The largest absolute Gasteiger partial charge is 0.406 e. The van der Waals surface area contributed by atoms with E-state index in [1.807, 2.05) is 12.1 Å². The van der Waals surface area contributed by atoms with E-state index in [0.29, 0.717) is 5.82 Å². The Morgan fingerprint density at radius 2 is 1.46 bits per heavy atom. The van der Waals surface area contributed by atoms with Gasteiger partial charge in [0.1, 0.15) is 0 Å². The van der Waals surface area contributed by atoms with Gasteiger partial charge in [-0.1, -0.05) is 60.7 Å². The molecule has 0 amide bonds. The van der Waals surface area contributed by atoms with E-state index in [9.17, 15) is 10.1 Å². The Morgan fingerprint density at radius 1 is 0.929 bits per heavy atom. The first kappa shape index (κ1) is 18.2. The summed E-state index contributed by atoms with van der Waals surface area (Å²) in [6.07, 6.45) is 1.51. The molecule has 4 rings (SSSR count). The van der Waals surface area contributed by atoms with Gasteiger partial charge in [0.05, 0.1) is 6.04 Å². The van der Waals surface area contributed by atoms with E-state index in [1.165, 1.54) is 17.5 Å². The van der Waals surface area contributed by atoms with Crippen LogP contribution in [0.25, 0.3) is 0 Å². The topological polar surface area (TPSA) is 67.4 Å². The second-order valence-electron chi connectivity index (χ2n) is 7.01. The lowest BCUT2D eigenvalue weighted by Gasteiger charge is -2.40. The summed E-state index contributed by atoms with van der Waals surface area (Å²) in [5.74, 6) is 0.513. The van der Waals surface area contributed by atoms with Crippen LogP contribution in [0.3, 0.4) is 0 Å². The van der Waals surface area contributed by atoms with Crippen LogP contribution >= 0.6 is 0 Å². The fourth-order valence-corrected chi connectivity index (χ4v) is 3.98. The Hall–Kier alpha value is -3.19. The maximum atomic E-state index is 11.3. The van der Waals surface area contributed by atoms with Crippen molar-refractivity contribution in [1.82, 2.24) is 14.5 Å². The van der Waals surface area contributed by atoms with Crippen molar-refractivity contribution in [2.45, 2.75) is 6.04 Å². The number of nitrogens with zero attached hydrogens (tertiary/aromatic N) is 5. The molecule has 7 nitrogen and oxygen atoms in total. The molecular formula is C21H23N5O2. The maximum Gasteiger partial charge on any atom is 0.406 e. The molecule has 0 spiro atoms. The van der Waals surface area contributed by atoms with Gasteiger partial charge >= 0.3 is 5.82 Å². The Morgan fingerprint density at radius 3 is 1.96 bits per heavy atom. The number of hydrogen-bond acceptors (Lipinski definition) is 5. The van der Waals surface area contributed by atoms with Crippen LogP contribution in [0.2, 0.25) is 0 Å². The van der Waals surface area contributed by atoms with Crippen LogP contribution in [-0.2, 0) is 7.05 Å². The fraction of sp³-hybridized carbons (Fsp3) is 0.286. The molecule has 1 aromatic heterocycles. The minimum Gasteiger partial charge on any atom is -0.358 e. The summed E-state index contributed by atoms with van der Waals surface area (Å²) in [7, 11) is 1.80. The third-order valence-electron chi connectivity index (χ3n) is 5.27. The summed E-state index contributed by atoms with van der Waals surface area (Å²) >= 11 is 0. The van der Waals surface area contributed by atoms with Crippen molar-refractivity contribution in [1.29, 1.82) is 0 Å². The van der Waals surface area contributed by atoms with Gasteiger partial charge in [0.2, 0.25) is 12.1 Å². The second-order valence-corrected chi connectivity index (χ2v) is 7.01. The average Bonchev–Trinajstić information content (AvgIpc) is 3.12. The van der Waals surface area contributed by atoms with Gasteiger partial charge in [-0.05, 0) is 21.0 Å². The standard InChI is InChI=1S/C21H23N5O2/c1-23-16-22-20(26(27)28)21(23)25-14-12-24(13-15-25)19(17-8-4-2-5-9-17)18-10-6-3-7-11-18/h2-11,16,19H,12-15H2,1H3. The van der Waals surface area contributed by atoms with Crippen molar-refractivity contribution in [3.8, 4) is 0 Å². The summed E-state index contributed by atoms with van der Waals surface area (Å²) in [5.41, 5.74) is 2.52. The van der Waals surface area contributed by atoms with E-state index < -0.39 is 4.92 Å². The number of benzene rings is 2. The van der Waals surface area contributed by atoms with E-state index in [4.69, 9.17) is 0 Å². The Labute approximate surface area is 164 Å². The van der Waals surface area contributed by atoms with E-state index in [1.54, 1.807) is 11.6 Å². The van der Waals surface area contributed by atoms with Crippen molar-refractivity contribution in [2.75, 3.05) is 31.1 Å². The lowest BCUT2D eigenvalue weighted by atomic mass is 9.96. The van der Waals surface area contributed by atoms with Crippen molar-refractivity contribution >= 4 is 11.6 Å². The maximum absolute atomic E-state index is 11.3. The Bertz CT molecular complexity index is 894. The van der Waals surface area contributed by atoms with Gasteiger partial charge in [0, 0.05) is 33.2 Å². The summed E-state index contributed by atoms with van der Waals surface area (Å²) in [5, 5.41) is 11.3. The highest BCUT2D eigenvalue weighted by Crippen LogP contribution is 2.32. The number of anilines is 1.